The number of nitrogens with zero attached hydrogens (tertiary/aromatic N) is 3. The second-order valence-corrected chi connectivity index (χ2v) is 6.01. The molecule has 1 heterocycles. The third-order valence-electron chi connectivity index (χ3n) is 4.01. The zero-order valence-electron chi connectivity index (χ0n) is 14.2. The van der Waals surface area contributed by atoms with Gasteiger partial charge in [-0.3, -0.25) is 33.9 Å². The van der Waals surface area contributed by atoms with Crippen LogP contribution in [0.1, 0.15) is 6.42 Å². The lowest BCUT2D eigenvalue weighted by molar-refractivity contribution is -0.147. The van der Waals surface area contributed by atoms with E-state index in [4.69, 9.17) is 21.2 Å². The van der Waals surface area contributed by atoms with Gasteiger partial charge in [-0.1, -0.05) is 0 Å². The first-order chi connectivity index (χ1) is 12.2. The number of carboxylic acids is 3. The Kier molecular flexibility index (Phi) is 8.92. The number of hydrogen-bond acceptors (Lipinski definition) is 9. The van der Waals surface area contributed by atoms with Crippen LogP contribution in [0.3, 0.4) is 0 Å². The smallest absolute Gasteiger partial charge is 0.326 e. The fraction of sp³-hybridized carbons (Fsp3) is 0.714. The zero-order chi connectivity index (χ0) is 19.7. The van der Waals surface area contributed by atoms with Gasteiger partial charge in [0.1, 0.15) is 0 Å². The van der Waals surface area contributed by atoms with Gasteiger partial charge in [0, 0.05) is 38.8 Å². The van der Waals surface area contributed by atoms with Gasteiger partial charge >= 0.3 is 23.9 Å². The first kappa shape index (κ1) is 21.8. The second-order valence-electron chi connectivity index (χ2n) is 6.01. The predicted octanol–water partition coefficient (Wildman–Crippen LogP) is -2.66. The van der Waals surface area contributed by atoms with E-state index < -0.39 is 29.9 Å². The van der Waals surface area contributed by atoms with Gasteiger partial charge in [-0.25, -0.2) is 0 Å². The van der Waals surface area contributed by atoms with Crippen molar-refractivity contribution in [1.29, 1.82) is 0 Å². The third-order valence-corrected chi connectivity index (χ3v) is 4.01. The van der Waals surface area contributed by atoms with Crippen molar-refractivity contribution in [3.8, 4) is 0 Å². The van der Waals surface area contributed by atoms with E-state index in [0.29, 0.717) is 6.54 Å². The molecule has 0 saturated carbocycles. The highest BCUT2D eigenvalue weighted by Crippen LogP contribution is 2.11. The van der Waals surface area contributed by atoms with Crippen LogP contribution in [-0.2, 0) is 24.0 Å². The van der Waals surface area contributed by atoms with E-state index in [1.54, 1.807) is 4.90 Å². The SMILES string of the molecule is NOC(=O)CC1CN(CC(=O)O)CCN(CC(=O)O)CCN1CC(=O)O. The Hall–Kier alpha value is -2.28. The van der Waals surface area contributed by atoms with Gasteiger partial charge < -0.3 is 20.2 Å². The van der Waals surface area contributed by atoms with Crippen LogP contribution < -0.4 is 5.90 Å². The molecule has 1 rings (SSSR count). The number of aliphatic carboxylic acids is 3. The van der Waals surface area contributed by atoms with Gasteiger partial charge in [0.2, 0.25) is 0 Å². The molecule has 12 nitrogen and oxygen atoms in total. The van der Waals surface area contributed by atoms with E-state index in [0.717, 1.165) is 0 Å². The summed E-state index contributed by atoms with van der Waals surface area (Å²) in [5, 5.41) is 27.2. The van der Waals surface area contributed by atoms with Gasteiger partial charge in [-0.2, -0.15) is 5.90 Å². The molecule has 1 fully saturated rings. The number of carbonyl (C=O) groups excluding carboxylic acids is 1. The fourth-order valence-corrected chi connectivity index (χ4v) is 2.85. The Morgan fingerprint density at radius 2 is 1.35 bits per heavy atom. The van der Waals surface area contributed by atoms with Gasteiger partial charge in [0.25, 0.3) is 0 Å². The van der Waals surface area contributed by atoms with Crippen molar-refractivity contribution >= 4 is 23.9 Å². The normalized spacial score (nSPS) is 20.6. The molecule has 1 aliphatic heterocycles. The maximum Gasteiger partial charge on any atom is 0.326 e. The summed E-state index contributed by atoms with van der Waals surface area (Å²) in [6.45, 7) is 0.161. The summed E-state index contributed by atoms with van der Waals surface area (Å²) in [5.74, 6) is 0.871. The minimum absolute atomic E-state index is 0.107. The minimum Gasteiger partial charge on any atom is -0.480 e. The average molecular weight is 376 g/mol. The Balaban J connectivity index is 3.03. The second kappa shape index (κ2) is 10.7. The van der Waals surface area contributed by atoms with Crippen molar-refractivity contribution in [2.24, 2.45) is 5.90 Å². The highest BCUT2D eigenvalue weighted by atomic mass is 16.7. The van der Waals surface area contributed by atoms with E-state index in [-0.39, 0.29) is 52.2 Å². The molecule has 1 aliphatic rings. The van der Waals surface area contributed by atoms with Gasteiger partial charge in [0.15, 0.2) is 0 Å². The summed E-state index contributed by atoms with van der Waals surface area (Å²) in [7, 11) is 0. The first-order valence-corrected chi connectivity index (χ1v) is 7.95. The molecule has 0 aromatic carbocycles. The zero-order valence-corrected chi connectivity index (χ0v) is 14.2. The number of carboxylic acid groups (broad SMARTS) is 3. The summed E-state index contributed by atoms with van der Waals surface area (Å²) in [6, 6.07) is -0.633. The van der Waals surface area contributed by atoms with Crippen molar-refractivity contribution in [3.05, 3.63) is 0 Å². The van der Waals surface area contributed by atoms with Crippen LogP contribution in [-0.4, -0.2) is 112 Å². The van der Waals surface area contributed by atoms with Crippen molar-refractivity contribution in [3.63, 3.8) is 0 Å². The fourth-order valence-electron chi connectivity index (χ4n) is 2.85. The molecular weight excluding hydrogens is 352 g/mol. The van der Waals surface area contributed by atoms with Gasteiger partial charge in [0.05, 0.1) is 26.1 Å². The van der Waals surface area contributed by atoms with Crippen LogP contribution in [0.15, 0.2) is 0 Å². The Bertz CT molecular complexity index is 529. The van der Waals surface area contributed by atoms with Crippen molar-refractivity contribution in [2.75, 3.05) is 52.4 Å². The molecule has 5 N–H and O–H groups in total. The van der Waals surface area contributed by atoms with Crippen LogP contribution in [0, 0.1) is 0 Å². The molecular formula is C14H24N4O8. The molecule has 148 valence electrons. The molecule has 0 radical (unpaired) electrons. The largest absolute Gasteiger partial charge is 0.480 e. The lowest BCUT2D eigenvalue weighted by Gasteiger charge is -2.32. The maximum atomic E-state index is 11.6. The molecule has 1 atom stereocenters. The van der Waals surface area contributed by atoms with E-state index in [2.05, 4.69) is 4.84 Å². The van der Waals surface area contributed by atoms with E-state index in [9.17, 15) is 19.2 Å². The molecule has 0 amide bonds. The molecule has 0 aromatic heterocycles. The average Bonchev–Trinajstić information content (AvgIpc) is 2.59. The predicted molar refractivity (Wildman–Crippen MR) is 86.0 cm³/mol. The van der Waals surface area contributed by atoms with Crippen LogP contribution >= 0.6 is 0 Å². The van der Waals surface area contributed by atoms with E-state index in [1.165, 1.54) is 9.80 Å². The summed E-state index contributed by atoms with van der Waals surface area (Å²) >= 11 is 0. The van der Waals surface area contributed by atoms with Crippen LogP contribution in [0.25, 0.3) is 0 Å². The Morgan fingerprint density at radius 3 is 1.88 bits per heavy atom. The van der Waals surface area contributed by atoms with Crippen molar-refractivity contribution in [1.82, 2.24) is 14.7 Å². The molecule has 0 aromatic rings. The molecule has 1 unspecified atom stereocenters. The highest BCUT2D eigenvalue weighted by Gasteiger charge is 2.29. The third kappa shape index (κ3) is 8.20. The topological polar surface area (TPSA) is 174 Å². The molecule has 0 spiro atoms. The molecule has 0 bridgehead atoms. The monoisotopic (exact) mass is 376 g/mol. The standard InChI is InChI=1S/C14H24N4O8/c15-26-14(25)5-10-6-17(8-12(21)22)2-1-16(7-11(19)20)3-4-18(10)9-13(23)24/h10H,1-9,15H2,(H,19,20)(H,21,22)(H,23,24). The highest BCUT2D eigenvalue weighted by molar-refractivity contribution is 5.71. The summed E-state index contributed by atoms with van der Waals surface area (Å²) < 4.78 is 0. The minimum atomic E-state index is -1.12. The lowest BCUT2D eigenvalue weighted by Crippen LogP contribution is -2.49. The molecule has 0 aliphatic carbocycles. The van der Waals surface area contributed by atoms with Crippen LogP contribution in [0.5, 0.6) is 0 Å². The molecule has 26 heavy (non-hydrogen) atoms. The molecule has 12 heteroatoms. The number of carbonyl (C=O) groups is 4. The van der Waals surface area contributed by atoms with Crippen LogP contribution in [0.2, 0.25) is 0 Å². The van der Waals surface area contributed by atoms with Gasteiger partial charge in [-0.15, -0.1) is 0 Å². The number of rotatable bonds is 8. The van der Waals surface area contributed by atoms with Crippen LogP contribution in [0.4, 0.5) is 0 Å². The van der Waals surface area contributed by atoms with E-state index >= 15 is 0 Å². The number of nitrogens with two attached hydrogens (primary N) is 1. The van der Waals surface area contributed by atoms with Gasteiger partial charge in [-0.05, 0) is 0 Å². The summed E-state index contributed by atoms with van der Waals surface area (Å²) in [4.78, 5) is 53.6. The van der Waals surface area contributed by atoms with E-state index in [1.807, 2.05) is 0 Å². The summed E-state index contributed by atoms with van der Waals surface area (Å²) in [5.41, 5.74) is 0. The van der Waals surface area contributed by atoms with Crippen molar-refractivity contribution < 1.29 is 39.3 Å². The first-order valence-electron chi connectivity index (χ1n) is 7.95. The quantitative estimate of drug-likeness (QED) is 0.324. The Morgan fingerprint density at radius 1 is 0.846 bits per heavy atom. The van der Waals surface area contributed by atoms with Crippen molar-refractivity contribution in [2.45, 2.75) is 12.5 Å². The Labute approximate surface area is 149 Å². The summed E-state index contributed by atoms with van der Waals surface area (Å²) in [6.07, 6.45) is -0.209. The number of hydrogen-bond donors (Lipinski definition) is 4. The molecule has 1 saturated heterocycles. The lowest BCUT2D eigenvalue weighted by atomic mass is 10.1. The maximum absolute atomic E-state index is 11.6.